The summed E-state index contributed by atoms with van der Waals surface area (Å²) >= 11 is 0. The number of hydrogen-bond donors (Lipinski definition) is 1. The summed E-state index contributed by atoms with van der Waals surface area (Å²) in [4.78, 5) is 33.6. The molecule has 1 N–H and O–H groups in total. The van der Waals surface area contributed by atoms with E-state index in [9.17, 15) is 9.59 Å². The van der Waals surface area contributed by atoms with Crippen LogP contribution in [0.5, 0.6) is 0 Å². The Morgan fingerprint density at radius 1 is 1.11 bits per heavy atom. The number of benzene rings is 1. The average Bonchev–Trinajstić information content (AvgIpc) is 3.00. The normalized spacial score (nSPS) is 21.7. The largest absolute Gasteiger partial charge is 0.336 e. The number of hydrogen-bond acceptors (Lipinski definition) is 3. The number of piperidine rings is 1. The molecular weight excluding hydrogens is 340 g/mol. The highest BCUT2D eigenvalue weighted by Crippen LogP contribution is 2.29. The van der Waals surface area contributed by atoms with Crippen molar-refractivity contribution in [3.05, 3.63) is 59.9 Å². The second-order valence-electron chi connectivity index (χ2n) is 7.50. The number of urea groups is 1. The van der Waals surface area contributed by atoms with E-state index in [0.29, 0.717) is 31.1 Å². The Kier molecular flexibility index (Phi) is 4.79. The first-order valence-corrected chi connectivity index (χ1v) is 9.44. The number of amides is 3. The molecule has 1 aromatic heterocycles. The fraction of sp³-hybridized carbons (Fsp3) is 0.381. The molecule has 2 atom stereocenters. The standard InChI is InChI=1S/C21H24N4O2/c1-15-4-2-6-18(10-15)23-21(27)25-13-16-7-8-19(25)14-24(12-16)20(26)17-5-3-9-22-11-17/h2-6,9-11,16,19H,7-8,12-14H2,1H3,(H,23,27)/t16-,19+/m0/s1. The Bertz CT molecular complexity index is 839. The molecule has 6 nitrogen and oxygen atoms in total. The summed E-state index contributed by atoms with van der Waals surface area (Å²) in [5.41, 5.74) is 2.52. The SMILES string of the molecule is Cc1cccc(NC(=O)N2C[C@H]3CC[C@@H]2CN(C(=O)c2cccnc2)C3)c1. The number of nitrogens with zero attached hydrogens (tertiary/aromatic N) is 3. The maximum atomic E-state index is 12.9. The molecule has 2 bridgehead atoms. The summed E-state index contributed by atoms with van der Waals surface area (Å²) in [5, 5.41) is 3.01. The molecule has 3 saturated heterocycles. The quantitative estimate of drug-likeness (QED) is 0.890. The van der Waals surface area contributed by atoms with E-state index in [-0.39, 0.29) is 18.0 Å². The second-order valence-corrected chi connectivity index (χ2v) is 7.50. The topological polar surface area (TPSA) is 65.5 Å². The van der Waals surface area contributed by atoms with E-state index in [4.69, 9.17) is 0 Å². The van der Waals surface area contributed by atoms with Gasteiger partial charge in [0.2, 0.25) is 0 Å². The van der Waals surface area contributed by atoms with Gasteiger partial charge in [0.1, 0.15) is 0 Å². The van der Waals surface area contributed by atoms with Gasteiger partial charge >= 0.3 is 6.03 Å². The van der Waals surface area contributed by atoms with Crippen molar-refractivity contribution in [1.82, 2.24) is 14.8 Å². The number of pyridine rings is 1. The van der Waals surface area contributed by atoms with Crippen LogP contribution in [-0.4, -0.2) is 52.4 Å². The molecule has 1 aromatic carbocycles. The summed E-state index contributed by atoms with van der Waals surface area (Å²) in [7, 11) is 0. The lowest BCUT2D eigenvalue weighted by molar-refractivity contribution is 0.0742. The Balaban J connectivity index is 1.48. The minimum absolute atomic E-state index is 0.000873. The first-order valence-electron chi connectivity index (χ1n) is 9.44. The van der Waals surface area contributed by atoms with Gasteiger partial charge in [-0.15, -0.1) is 0 Å². The third kappa shape index (κ3) is 3.79. The zero-order chi connectivity index (χ0) is 18.8. The molecule has 3 aliphatic rings. The van der Waals surface area contributed by atoms with E-state index < -0.39 is 0 Å². The summed E-state index contributed by atoms with van der Waals surface area (Å²) in [6.45, 7) is 3.97. The number of aryl methyl sites for hydroxylation is 1. The lowest BCUT2D eigenvalue weighted by Gasteiger charge is -2.36. The van der Waals surface area contributed by atoms with Gasteiger partial charge < -0.3 is 15.1 Å². The fourth-order valence-electron chi connectivity index (χ4n) is 4.09. The van der Waals surface area contributed by atoms with Crippen molar-refractivity contribution in [3.63, 3.8) is 0 Å². The zero-order valence-corrected chi connectivity index (χ0v) is 15.5. The molecule has 0 saturated carbocycles. The predicted molar refractivity (Wildman–Crippen MR) is 104 cm³/mol. The lowest BCUT2D eigenvalue weighted by Crippen LogP contribution is -2.49. The van der Waals surface area contributed by atoms with Crippen molar-refractivity contribution in [2.45, 2.75) is 25.8 Å². The van der Waals surface area contributed by atoms with Crippen LogP contribution in [0, 0.1) is 12.8 Å². The van der Waals surface area contributed by atoms with Crippen LogP contribution in [0.25, 0.3) is 0 Å². The summed E-state index contributed by atoms with van der Waals surface area (Å²) in [6, 6.07) is 11.4. The molecule has 0 unspecified atom stereocenters. The molecule has 6 heteroatoms. The van der Waals surface area contributed by atoms with Gasteiger partial charge in [0, 0.05) is 37.7 Å². The summed E-state index contributed by atoms with van der Waals surface area (Å²) in [5.74, 6) is 0.313. The van der Waals surface area contributed by atoms with Crippen LogP contribution < -0.4 is 5.32 Å². The van der Waals surface area contributed by atoms with E-state index in [1.54, 1.807) is 24.5 Å². The van der Waals surface area contributed by atoms with Crippen molar-refractivity contribution in [2.75, 3.05) is 25.0 Å². The maximum Gasteiger partial charge on any atom is 0.322 e. The van der Waals surface area contributed by atoms with E-state index in [1.807, 2.05) is 41.0 Å². The number of carbonyl (C=O) groups excluding carboxylic acids is 2. The Labute approximate surface area is 159 Å². The van der Waals surface area contributed by atoms with E-state index in [2.05, 4.69) is 10.3 Å². The molecule has 27 heavy (non-hydrogen) atoms. The van der Waals surface area contributed by atoms with Crippen LogP contribution in [0.15, 0.2) is 48.8 Å². The summed E-state index contributed by atoms with van der Waals surface area (Å²) in [6.07, 6.45) is 5.26. The number of carbonyl (C=O) groups is 2. The van der Waals surface area contributed by atoms with Gasteiger partial charge in [-0.3, -0.25) is 9.78 Å². The van der Waals surface area contributed by atoms with Crippen LogP contribution in [0.3, 0.4) is 0 Å². The first-order chi connectivity index (χ1) is 13.1. The van der Waals surface area contributed by atoms with Crippen molar-refractivity contribution < 1.29 is 9.59 Å². The van der Waals surface area contributed by atoms with E-state index in [1.165, 1.54) is 0 Å². The highest BCUT2D eigenvalue weighted by molar-refractivity contribution is 5.94. The van der Waals surface area contributed by atoms with Crippen molar-refractivity contribution >= 4 is 17.6 Å². The molecular formula is C21H24N4O2. The van der Waals surface area contributed by atoms with E-state index in [0.717, 1.165) is 24.1 Å². The number of anilines is 1. The summed E-state index contributed by atoms with van der Waals surface area (Å²) < 4.78 is 0. The fourth-order valence-corrected chi connectivity index (χ4v) is 4.09. The molecule has 5 rings (SSSR count). The maximum absolute atomic E-state index is 12.9. The lowest BCUT2D eigenvalue weighted by atomic mass is 9.95. The van der Waals surface area contributed by atoms with Crippen LogP contribution in [0.1, 0.15) is 28.8 Å². The van der Waals surface area contributed by atoms with Crippen LogP contribution >= 0.6 is 0 Å². The first kappa shape index (κ1) is 17.5. The minimum atomic E-state index is -0.0778. The molecule has 140 valence electrons. The van der Waals surface area contributed by atoms with Crippen molar-refractivity contribution in [1.29, 1.82) is 0 Å². The smallest absolute Gasteiger partial charge is 0.322 e. The highest BCUT2D eigenvalue weighted by atomic mass is 16.2. The molecule has 0 spiro atoms. The van der Waals surface area contributed by atoms with E-state index >= 15 is 0 Å². The van der Waals surface area contributed by atoms with Crippen molar-refractivity contribution in [3.8, 4) is 0 Å². The Morgan fingerprint density at radius 3 is 2.78 bits per heavy atom. The molecule has 4 heterocycles. The molecule has 0 radical (unpaired) electrons. The Hall–Kier alpha value is -2.89. The molecule has 0 aliphatic carbocycles. The molecule has 2 aromatic rings. The third-order valence-electron chi connectivity index (χ3n) is 5.44. The van der Waals surface area contributed by atoms with Gasteiger partial charge in [-0.25, -0.2) is 4.79 Å². The zero-order valence-electron chi connectivity index (χ0n) is 15.5. The van der Waals surface area contributed by atoms with Gasteiger partial charge in [-0.1, -0.05) is 12.1 Å². The molecule has 3 amide bonds. The van der Waals surface area contributed by atoms with Crippen LogP contribution in [-0.2, 0) is 0 Å². The second kappa shape index (κ2) is 7.39. The van der Waals surface area contributed by atoms with Gasteiger partial charge in [0.25, 0.3) is 5.91 Å². The van der Waals surface area contributed by atoms with Crippen LogP contribution in [0.4, 0.5) is 10.5 Å². The third-order valence-corrected chi connectivity index (χ3v) is 5.44. The van der Waals surface area contributed by atoms with Gasteiger partial charge in [0.15, 0.2) is 0 Å². The minimum Gasteiger partial charge on any atom is -0.336 e. The van der Waals surface area contributed by atoms with Crippen LogP contribution in [0.2, 0.25) is 0 Å². The van der Waals surface area contributed by atoms with Gasteiger partial charge in [-0.2, -0.15) is 0 Å². The van der Waals surface area contributed by atoms with Gasteiger partial charge in [0.05, 0.1) is 11.6 Å². The number of nitrogens with one attached hydrogen (secondary N) is 1. The number of aromatic nitrogens is 1. The van der Waals surface area contributed by atoms with Gasteiger partial charge in [-0.05, 0) is 55.5 Å². The number of rotatable bonds is 2. The van der Waals surface area contributed by atoms with Crippen molar-refractivity contribution in [2.24, 2.45) is 5.92 Å². The molecule has 3 fully saturated rings. The Morgan fingerprint density at radius 2 is 2.00 bits per heavy atom. The average molecular weight is 364 g/mol. The number of fused-ring (bicyclic) bond motifs is 4. The highest BCUT2D eigenvalue weighted by Gasteiger charge is 2.38. The monoisotopic (exact) mass is 364 g/mol. The predicted octanol–water partition coefficient (Wildman–Crippen LogP) is 3.16. The molecule has 3 aliphatic heterocycles.